The zero-order valence-corrected chi connectivity index (χ0v) is 11.8. The third-order valence-electron chi connectivity index (χ3n) is 3.31. The molecule has 0 amide bonds. The number of rotatable bonds is 8. The molecule has 7 N–H and O–H groups in total. The maximum atomic E-state index is 12.1. The van der Waals surface area contributed by atoms with Crippen LogP contribution < -0.4 is 17.3 Å². The maximum absolute atomic E-state index is 12.1. The normalized spacial score (nSPS) is 15.2. The van der Waals surface area contributed by atoms with Gasteiger partial charge in [-0.15, -0.1) is 0 Å². The van der Waals surface area contributed by atoms with E-state index in [1.54, 1.807) is 24.3 Å². The van der Waals surface area contributed by atoms with Crippen LogP contribution >= 0.6 is 0 Å². The average Bonchev–Trinajstić information content (AvgIpc) is 2.51. The third-order valence-corrected chi connectivity index (χ3v) is 3.31. The fraction of sp³-hybridized carbons (Fsp3) is 0.286. The van der Waals surface area contributed by atoms with Gasteiger partial charge in [-0.1, -0.05) is 24.3 Å². The first-order chi connectivity index (χ1) is 10.4. The van der Waals surface area contributed by atoms with Crippen molar-refractivity contribution in [3.63, 3.8) is 0 Å². The van der Waals surface area contributed by atoms with E-state index in [-0.39, 0.29) is 12.8 Å². The number of hydrogen-bond donors (Lipinski definition) is 4. The van der Waals surface area contributed by atoms with Crippen LogP contribution in [0.3, 0.4) is 0 Å². The summed E-state index contributed by atoms with van der Waals surface area (Å²) in [6, 6.07) is 5.05. The quantitative estimate of drug-likeness (QED) is 0.162. The Morgan fingerprint density at radius 1 is 1.32 bits per heavy atom. The number of carboxylic acid groups (broad SMARTS) is 1. The lowest BCUT2D eigenvalue weighted by Gasteiger charge is -2.29. The molecule has 0 spiro atoms. The summed E-state index contributed by atoms with van der Waals surface area (Å²) in [6.45, 7) is 0. The Morgan fingerprint density at radius 3 is 2.36 bits per heavy atom. The summed E-state index contributed by atoms with van der Waals surface area (Å²) in [5.74, 6) is 2.69. The molecule has 0 aliphatic rings. The molecule has 0 saturated carbocycles. The monoisotopic (exact) mass is 306 g/mol. The molecular weight excluding hydrogens is 288 g/mol. The summed E-state index contributed by atoms with van der Waals surface area (Å²) in [5, 5.41) is 12.7. The number of hydrogen-bond acceptors (Lipinski definition) is 7. The number of nitrogens with two attached hydrogens (primary N) is 3. The van der Waals surface area contributed by atoms with E-state index in [4.69, 9.17) is 17.3 Å². The lowest BCUT2D eigenvalue weighted by molar-refractivity contribution is -0.149. The van der Waals surface area contributed by atoms with E-state index in [0.717, 1.165) is 0 Å². The molecule has 0 fully saturated rings. The lowest BCUT2D eigenvalue weighted by Crippen LogP contribution is -2.61. The zero-order valence-electron chi connectivity index (χ0n) is 11.8. The fourth-order valence-electron chi connectivity index (χ4n) is 1.96. The molecule has 0 aromatic heterocycles. The zero-order chi connectivity index (χ0) is 16.8. The van der Waals surface area contributed by atoms with E-state index in [0.29, 0.717) is 17.4 Å². The highest BCUT2D eigenvalue weighted by atomic mass is 16.4. The van der Waals surface area contributed by atoms with Gasteiger partial charge in [0.1, 0.15) is 6.29 Å². The van der Waals surface area contributed by atoms with Gasteiger partial charge in [0.2, 0.25) is 0 Å². The van der Waals surface area contributed by atoms with Crippen molar-refractivity contribution in [2.45, 2.75) is 24.4 Å². The highest BCUT2D eigenvalue weighted by Crippen LogP contribution is 2.25. The number of carbonyl (C=O) groups is 3. The van der Waals surface area contributed by atoms with Gasteiger partial charge >= 0.3 is 5.97 Å². The fourth-order valence-corrected chi connectivity index (χ4v) is 1.96. The second-order valence-electron chi connectivity index (χ2n) is 4.73. The van der Waals surface area contributed by atoms with Crippen molar-refractivity contribution in [1.29, 1.82) is 0 Å². The van der Waals surface area contributed by atoms with Gasteiger partial charge < -0.3 is 27.2 Å². The number of carbonyl (C=O) groups excluding carboxylic acids is 2. The van der Waals surface area contributed by atoms with Gasteiger partial charge in [0, 0.05) is 12.8 Å². The van der Waals surface area contributed by atoms with Crippen LogP contribution in [0.4, 0.5) is 0 Å². The standard InChI is InChI=1S/C14H18N4O4/c15-12(10-5-3-9(4-6-10)8-18-17)14(16,13(21)22)11(20)2-1-7-19/h3-8,12H,1-2,15-17H2,(H,21,22). The summed E-state index contributed by atoms with van der Waals surface area (Å²) in [7, 11) is 0. The Bertz CT molecular complexity index is 585. The topological polar surface area (TPSA) is 162 Å². The van der Waals surface area contributed by atoms with Crippen molar-refractivity contribution in [1.82, 2.24) is 0 Å². The summed E-state index contributed by atoms with van der Waals surface area (Å²) in [6.07, 6.45) is 1.53. The highest BCUT2D eigenvalue weighted by Gasteiger charge is 2.47. The van der Waals surface area contributed by atoms with Crippen LogP contribution in [-0.2, 0) is 14.4 Å². The highest BCUT2D eigenvalue weighted by molar-refractivity contribution is 6.09. The van der Waals surface area contributed by atoms with Crippen LogP contribution in [0.1, 0.15) is 30.0 Å². The first kappa shape index (κ1) is 17.5. The van der Waals surface area contributed by atoms with Gasteiger partial charge in [-0.2, -0.15) is 5.10 Å². The number of aliphatic carboxylic acids is 1. The molecule has 0 aliphatic heterocycles. The minimum absolute atomic E-state index is 0.107. The molecular formula is C14H18N4O4. The van der Waals surface area contributed by atoms with Crippen LogP contribution in [0.25, 0.3) is 0 Å². The SMILES string of the molecule is NN=Cc1ccc(C(N)C(N)(C(=O)O)C(=O)CCC=O)cc1. The minimum Gasteiger partial charge on any atom is -0.479 e. The van der Waals surface area contributed by atoms with Crippen molar-refractivity contribution < 1.29 is 19.5 Å². The molecule has 2 atom stereocenters. The van der Waals surface area contributed by atoms with Crippen LogP contribution in [0.5, 0.6) is 0 Å². The molecule has 8 heteroatoms. The predicted molar refractivity (Wildman–Crippen MR) is 80.0 cm³/mol. The molecule has 22 heavy (non-hydrogen) atoms. The molecule has 0 bridgehead atoms. The summed E-state index contributed by atoms with van der Waals surface area (Å²) in [4.78, 5) is 33.9. The molecule has 2 unspecified atom stereocenters. The number of benzene rings is 1. The Kier molecular flexibility index (Phi) is 5.90. The molecule has 0 aliphatic carbocycles. The van der Waals surface area contributed by atoms with Crippen LogP contribution in [0.15, 0.2) is 29.4 Å². The molecule has 1 aromatic rings. The molecule has 0 heterocycles. The average molecular weight is 306 g/mol. The van der Waals surface area contributed by atoms with Crippen LogP contribution in [-0.4, -0.2) is 34.9 Å². The Labute approximate surface area is 127 Å². The summed E-state index contributed by atoms with van der Waals surface area (Å²) >= 11 is 0. The number of Topliss-reactive ketones (excluding diaryl/α,β-unsaturated/α-hetero) is 1. The van der Waals surface area contributed by atoms with Gasteiger partial charge in [0.15, 0.2) is 11.3 Å². The molecule has 1 aromatic carbocycles. The molecule has 118 valence electrons. The van der Waals surface area contributed by atoms with Crippen molar-refractivity contribution in [3.8, 4) is 0 Å². The lowest BCUT2D eigenvalue weighted by atomic mass is 9.81. The number of aldehydes is 1. The van der Waals surface area contributed by atoms with Crippen molar-refractivity contribution in [2.24, 2.45) is 22.4 Å². The predicted octanol–water partition coefficient (Wildman–Crippen LogP) is -0.691. The summed E-state index contributed by atoms with van der Waals surface area (Å²) < 4.78 is 0. The smallest absolute Gasteiger partial charge is 0.333 e. The van der Waals surface area contributed by atoms with E-state index >= 15 is 0 Å². The molecule has 0 radical (unpaired) electrons. The van der Waals surface area contributed by atoms with Gasteiger partial charge in [0.25, 0.3) is 0 Å². The van der Waals surface area contributed by atoms with Gasteiger partial charge in [0.05, 0.1) is 12.3 Å². The molecule has 0 saturated heterocycles. The van der Waals surface area contributed by atoms with E-state index in [9.17, 15) is 19.5 Å². The number of nitrogens with zero attached hydrogens (tertiary/aromatic N) is 1. The summed E-state index contributed by atoms with van der Waals surface area (Å²) in [5.41, 5.74) is 10.4. The van der Waals surface area contributed by atoms with Crippen molar-refractivity contribution in [2.75, 3.05) is 0 Å². The molecule has 1 rings (SSSR count). The number of carboxylic acids is 1. The second kappa shape index (κ2) is 7.43. The van der Waals surface area contributed by atoms with Gasteiger partial charge in [-0.3, -0.25) is 4.79 Å². The van der Waals surface area contributed by atoms with E-state index in [1.165, 1.54) is 6.21 Å². The first-order valence-electron chi connectivity index (χ1n) is 6.46. The Hall–Kier alpha value is -2.58. The van der Waals surface area contributed by atoms with E-state index in [1.807, 2.05) is 0 Å². The number of hydrazone groups is 1. The number of ketones is 1. The second-order valence-corrected chi connectivity index (χ2v) is 4.73. The Balaban J connectivity index is 3.11. The largest absolute Gasteiger partial charge is 0.479 e. The van der Waals surface area contributed by atoms with Gasteiger partial charge in [-0.25, -0.2) is 4.79 Å². The third kappa shape index (κ3) is 3.54. The van der Waals surface area contributed by atoms with E-state index < -0.39 is 23.3 Å². The maximum Gasteiger partial charge on any atom is 0.333 e. The van der Waals surface area contributed by atoms with Crippen molar-refractivity contribution >= 4 is 24.3 Å². The van der Waals surface area contributed by atoms with Crippen molar-refractivity contribution in [3.05, 3.63) is 35.4 Å². The Morgan fingerprint density at radius 2 is 1.91 bits per heavy atom. The van der Waals surface area contributed by atoms with E-state index in [2.05, 4.69) is 5.10 Å². The minimum atomic E-state index is -2.30. The first-order valence-corrected chi connectivity index (χ1v) is 6.46. The van der Waals surface area contributed by atoms with Crippen LogP contribution in [0, 0.1) is 0 Å². The van der Waals surface area contributed by atoms with Gasteiger partial charge in [-0.05, 0) is 11.1 Å². The van der Waals surface area contributed by atoms with Crippen LogP contribution in [0.2, 0.25) is 0 Å². The molecule has 8 nitrogen and oxygen atoms in total.